The van der Waals surface area contributed by atoms with Crippen LogP contribution in [0.5, 0.6) is 0 Å². The zero-order valence-corrected chi connectivity index (χ0v) is 9.90. The van der Waals surface area contributed by atoms with Gasteiger partial charge in [0.15, 0.2) is 11.6 Å². The largest absolute Gasteiger partial charge is 0.467 e. The third-order valence-corrected chi connectivity index (χ3v) is 2.18. The number of hydrogen-bond donors (Lipinski definition) is 2. The lowest BCUT2D eigenvalue weighted by molar-refractivity contribution is -0.142. The van der Waals surface area contributed by atoms with Crippen molar-refractivity contribution >= 4 is 17.7 Å². The van der Waals surface area contributed by atoms with Crippen molar-refractivity contribution < 1.29 is 13.9 Å². The van der Waals surface area contributed by atoms with Crippen LogP contribution in [0.3, 0.4) is 0 Å². The molecule has 0 spiro atoms. The van der Waals surface area contributed by atoms with Crippen LogP contribution in [0.25, 0.3) is 0 Å². The zero-order chi connectivity index (χ0) is 13.0. The maximum atomic E-state index is 13.4. The highest BCUT2D eigenvalue weighted by molar-refractivity contribution is 5.79. The van der Waals surface area contributed by atoms with Gasteiger partial charge in [-0.05, 0) is 5.92 Å². The number of rotatable bonds is 4. The van der Waals surface area contributed by atoms with Crippen molar-refractivity contribution in [2.45, 2.75) is 19.9 Å². The molecule has 1 aromatic heterocycles. The second-order valence-corrected chi connectivity index (χ2v) is 3.81. The van der Waals surface area contributed by atoms with Gasteiger partial charge in [-0.1, -0.05) is 13.8 Å². The number of anilines is 2. The quantitative estimate of drug-likeness (QED) is 0.759. The van der Waals surface area contributed by atoms with Gasteiger partial charge >= 0.3 is 5.97 Å². The van der Waals surface area contributed by atoms with Crippen molar-refractivity contribution in [2.75, 3.05) is 18.2 Å². The van der Waals surface area contributed by atoms with Crippen LogP contribution in [0.4, 0.5) is 16.2 Å². The van der Waals surface area contributed by atoms with E-state index in [1.807, 2.05) is 0 Å². The molecule has 1 heterocycles. The summed E-state index contributed by atoms with van der Waals surface area (Å²) in [6, 6.07) is -0.691. The highest BCUT2D eigenvalue weighted by Crippen LogP contribution is 2.15. The molecular weight excluding hydrogens is 227 g/mol. The molecule has 0 aliphatic rings. The van der Waals surface area contributed by atoms with Gasteiger partial charge in [-0.15, -0.1) is 0 Å². The van der Waals surface area contributed by atoms with E-state index < -0.39 is 17.8 Å². The average molecular weight is 242 g/mol. The van der Waals surface area contributed by atoms with Crippen LogP contribution in [0.1, 0.15) is 13.8 Å². The van der Waals surface area contributed by atoms with E-state index in [1.165, 1.54) is 7.11 Å². The van der Waals surface area contributed by atoms with Gasteiger partial charge in [0.05, 0.1) is 13.3 Å². The number of carbonyl (C=O) groups excluding carboxylic acids is 1. The first-order chi connectivity index (χ1) is 7.95. The van der Waals surface area contributed by atoms with Crippen LogP contribution in [-0.2, 0) is 9.53 Å². The van der Waals surface area contributed by atoms with E-state index in [9.17, 15) is 9.18 Å². The molecule has 0 aliphatic heterocycles. The number of hydrogen-bond acceptors (Lipinski definition) is 6. The van der Waals surface area contributed by atoms with Crippen LogP contribution in [0, 0.1) is 11.7 Å². The molecule has 0 aliphatic carbocycles. The Labute approximate surface area is 98.4 Å². The van der Waals surface area contributed by atoms with Crippen molar-refractivity contribution in [3.63, 3.8) is 0 Å². The Bertz CT molecular complexity index is 411. The fourth-order valence-corrected chi connectivity index (χ4v) is 1.25. The summed E-state index contributed by atoms with van der Waals surface area (Å²) < 4.78 is 18.0. The smallest absolute Gasteiger partial charge is 0.328 e. The molecule has 17 heavy (non-hydrogen) atoms. The van der Waals surface area contributed by atoms with Crippen LogP contribution in [0.15, 0.2) is 6.20 Å². The third kappa shape index (κ3) is 3.27. The zero-order valence-electron chi connectivity index (χ0n) is 9.90. The van der Waals surface area contributed by atoms with Crippen LogP contribution in [0.2, 0.25) is 0 Å². The minimum absolute atomic E-state index is 0.0683. The van der Waals surface area contributed by atoms with E-state index in [2.05, 4.69) is 20.0 Å². The monoisotopic (exact) mass is 242 g/mol. The Balaban J connectivity index is 2.93. The standard InChI is InChI=1S/C10H15FN4O2/c1-5(2)7(9(16)17-3)14-8-6(11)4-13-10(12)15-8/h4-5,7H,1-3H3,(H3,12,13,14,15). The lowest BCUT2D eigenvalue weighted by Gasteiger charge is -2.20. The predicted octanol–water partition coefficient (Wildman–Crippen LogP) is 0.807. The molecular formula is C10H15FN4O2. The SMILES string of the molecule is COC(=O)C(Nc1nc(N)ncc1F)C(C)C. The molecule has 1 unspecified atom stereocenters. The summed E-state index contributed by atoms with van der Waals surface area (Å²) in [5, 5.41) is 2.66. The summed E-state index contributed by atoms with van der Waals surface area (Å²) in [6.07, 6.45) is 0.944. The van der Waals surface area contributed by atoms with E-state index in [1.54, 1.807) is 13.8 Å². The highest BCUT2D eigenvalue weighted by Gasteiger charge is 2.24. The first-order valence-electron chi connectivity index (χ1n) is 5.08. The summed E-state index contributed by atoms with van der Waals surface area (Å²) >= 11 is 0. The number of nitrogens with one attached hydrogen (secondary N) is 1. The molecule has 1 atom stereocenters. The number of carbonyl (C=O) groups is 1. The first-order valence-corrected chi connectivity index (χ1v) is 5.08. The molecule has 0 aromatic carbocycles. The van der Waals surface area contributed by atoms with E-state index in [-0.39, 0.29) is 17.7 Å². The lowest BCUT2D eigenvalue weighted by Crippen LogP contribution is -2.36. The molecule has 94 valence electrons. The number of halogens is 1. The maximum Gasteiger partial charge on any atom is 0.328 e. The van der Waals surface area contributed by atoms with Crippen molar-refractivity contribution in [1.29, 1.82) is 0 Å². The summed E-state index contributed by atoms with van der Waals surface area (Å²) in [5.41, 5.74) is 5.34. The van der Waals surface area contributed by atoms with Crippen LogP contribution < -0.4 is 11.1 Å². The molecule has 6 nitrogen and oxygen atoms in total. The average Bonchev–Trinajstić information content (AvgIpc) is 2.28. The molecule has 3 N–H and O–H groups in total. The van der Waals surface area contributed by atoms with Gasteiger partial charge in [-0.25, -0.2) is 14.2 Å². The number of nitrogens with zero attached hydrogens (tertiary/aromatic N) is 2. The van der Waals surface area contributed by atoms with Crippen LogP contribution in [-0.4, -0.2) is 29.1 Å². The Hall–Kier alpha value is -1.92. The highest BCUT2D eigenvalue weighted by atomic mass is 19.1. The van der Waals surface area contributed by atoms with E-state index in [0.29, 0.717) is 0 Å². The Kier molecular flexibility index (Phi) is 4.19. The second kappa shape index (κ2) is 5.42. The second-order valence-electron chi connectivity index (χ2n) is 3.81. The topological polar surface area (TPSA) is 90.1 Å². The third-order valence-electron chi connectivity index (χ3n) is 2.18. The number of nitrogen functional groups attached to an aromatic ring is 1. The van der Waals surface area contributed by atoms with E-state index in [0.717, 1.165) is 6.20 Å². The Morgan fingerprint density at radius 1 is 1.59 bits per heavy atom. The predicted molar refractivity (Wildman–Crippen MR) is 60.7 cm³/mol. The van der Waals surface area contributed by atoms with E-state index >= 15 is 0 Å². The number of aromatic nitrogens is 2. The first kappa shape index (κ1) is 13.1. The molecule has 7 heteroatoms. The summed E-state index contributed by atoms with van der Waals surface area (Å²) in [5.74, 6) is -1.42. The summed E-state index contributed by atoms with van der Waals surface area (Å²) in [6.45, 7) is 3.61. The van der Waals surface area contributed by atoms with Gasteiger partial charge in [0, 0.05) is 0 Å². The molecule has 0 saturated heterocycles. The van der Waals surface area contributed by atoms with Gasteiger partial charge < -0.3 is 15.8 Å². The lowest BCUT2D eigenvalue weighted by atomic mass is 10.0. The normalized spacial score (nSPS) is 12.3. The summed E-state index contributed by atoms with van der Waals surface area (Å²) in [4.78, 5) is 18.6. The van der Waals surface area contributed by atoms with Gasteiger partial charge in [-0.2, -0.15) is 4.98 Å². The minimum atomic E-state index is -0.691. The summed E-state index contributed by atoms with van der Waals surface area (Å²) in [7, 11) is 1.27. The van der Waals surface area contributed by atoms with E-state index in [4.69, 9.17) is 5.73 Å². The van der Waals surface area contributed by atoms with Gasteiger partial charge in [-0.3, -0.25) is 0 Å². The number of ether oxygens (including phenoxy) is 1. The molecule has 0 saturated carbocycles. The maximum absolute atomic E-state index is 13.4. The number of nitrogens with two attached hydrogens (primary N) is 1. The van der Waals surface area contributed by atoms with Gasteiger partial charge in [0.2, 0.25) is 5.95 Å². The molecule has 0 bridgehead atoms. The van der Waals surface area contributed by atoms with Crippen molar-refractivity contribution in [3.8, 4) is 0 Å². The minimum Gasteiger partial charge on any atom is -0.467 e. The Morgan fingerprint density at radius 2 is 2.24 bits per heavy atom. The fraction of sp³-hybridized carbons (Fsp3) is 0.500. The number of esters is 1. The molecule has 1 aromatic rings. The number of methoxy groups -OCH3 is 1. The van der Waals surface area contributed by atoms with Gasteiger partial charge in [0.25, 0.3) is 0 Å². The molecule has 0 amide bonds. The molecule has 1 rings (SSSR count). The fourth-order valence-electron chi connectivity index (χ4n) is 1.25. The molecule has 0 fully saturated rings. The van der Waals surface area contributed by atoms with Gasteiger partial charge in [0.1, 0.15) is 6.04 Å². The van der Waals surface area contributed by atoms with Crippen molar-refractivity contribution in [3.05, 3.63) is 12.0 Å². The van der Waals surface area contributed by atoms with Crippen molar-refractivity contribution in [2.24, 2.45) is 5.92 Å². The van der Waals surface area contributed by atoms with Crippen molar-refractivity contribution in [1.82, 2.24) is 9.97 Å². The molecule has 0 radical (unpaired) electrons. The Morgan fingerprint density at radius 3 is 2.76 bits per heavy atom. The van der Waals surface area contributed by atoms with Crippen LogP contribution >= 0.6 is 0 Å².